The van der Waals surface area contributed by atoms with E-state index in [-0.39, 0.29) is 5.82 Å². The van der Waals surface area contributed by atoms with Gasteiger partial charge in [0.1, 0.15) is 17.3 Å². The zero-order valence-electron chi connectivity index (χ0n) is 12.0. The van der Waals surface area contributed by atoms with Gasteiger partial charge in [0, 0.05) is 17.1 Å². The van der Waals surface area contributed by atoms with Crippen LogP contribution in [0.4, 0.5) is 10.2 Å². The highest BCUT2D eigenvalue weighted by Crippen LogP contribution is 2.17. The molecule has 0 spiro atoms. The smallest absolute Gasteiger partial charge is 0.246 e. The number of aromatic amines is 1. The number of halogens is 1. The molecule has 7 heteroatoms. The van der Waals surface area contributed by atoms with E-state index in [9.17, 15) is 4.39 Å². The molecule has 0 aliphatic carbocycles. The summed E-state index contributed by atoms with van der Waals surface area (Å²) in [6, 6.07) is 11.7. The summed E-state index contributed by atoms with van der Waals surface area (Å²) in [4.78, 5) is 11.8. The predicted octanol–water partition coefficient (Wildman–Crippen LogP) is 3.36. The van der Waals surface area contributed by atoms with Crippen molar-refractivity contribution in [3.8, 4) is 11.4 Å². The molecule has 6 nitrogen and oxygen atoms in total. The molecule has 2 N–H and O–H groups in total. The van der Waals surface area contributed by atoms with Gasteiger partial charge in [0.05, 0.1) is 6.54 Å². The Kier molecular flexibility index (Phi) is 3.23. The summed E-state index contributed by atoms with van der Waals surface area (Å²) in [5, 5.41) is 8.07. The van der Waals surface area contributed by atoms with Crippen LogP contribution in [0.2, 0.25) is 0 Å². The summed E-state index contributed by atoms with van der Waals surface area (Å²) in [7, 11) is 0. The summed E-state index contributed by atoms with van der Waals surface area (Å²) in [6.07, 6.45) is 1.84. The van der Waals surface area contributed by atoms with Crippen molar-refractivity contribution in [1.29, 1.82) is 0 Å². The number of H-pyrrole nitrogens is 1. The second kappa shape index (κ2) is 5.53. The molecule has 0 saturated carbocycles. The fraction of sp³-hybridized carbons (Fsp3) is 0.0625. The van der Waals surface area contributed by atoms with Gasteiger partial charge in [0.15, 0.2) is 0 Å². The normalized spacial score (nSPS) is 11.0. The fourth-order valence-electron chi connectivity index (χ4n) is 2.24. The van der Waals surface area contributed by atoms with Gasteiger partial charge in [-0.2, -0.15) is 4.98 Å². The Morgan fingerprint density at radius 1 is 1.04 bits per heavy atom. The van der Waals surface area contributed by atoms with Gasteiger partial charge < -0.3 is 14.8 Å². The molecule has 3 aromatic heterocycles. The van der Waals surface area contributed by atoms with Crippen LogP contribution in [0.15, 0.2) is 53.2 Å². The van der Waals surface area contributed by atoms with Crippen LogP contribution >= 0.6 is 0 Å². The van der Waals surface area contributed by atoms with Crippen LogP contribution in [0.5, 0.6) is 0 Å². The quantitative estimate of drug-likeness (QED) is 0.604. The van der Waals surface area contributed by atoms with E-state index in [0.717, 1.165) is 11.0 Å². The molecule has 0 aliphatic heterocycles. The Labute approximate surface area is 130 Å². The number of nitrogens with zero attached hydrogens (tertiary/aromatic N) is 3. The maximum Gasteiger partial charge on any atom is 0.246 e. The number of aromatic nitrogens is 4. The Morgan fingerprint density at radius 3 is 2.78 bits per heavy atom. The van der Waals surface area contributed by atoms with E-state index in [0.29, 0.717) is 29.6 Å². The van der Waals surface area contributed by atoms with Crippen molar-refractivity contribution in [1.82, 2.24) is 20.1 Å². The van der Waals surface area contributed by atoms with Crippen LogP contribution in [0.25, 0.3) is 22.4 Å². The molecule has 0 aliphatic rings. The van der Waals surface area contributed by atoms with Crippen LogP contribution in [0.3, 0.4) is 0 Å². The fourth-order valence-corrected chi connectivity index (χ4v) is 2.24. The number of rotatable bonds is 4. The molecule has 114 valence electrons. The SMILES string of the molecule is Fc1ccc(-c2noc(CNc3ccc4cc[nH]c4n3)n2)cc1. The highest BCUT2D eigenvalue weighted by atomic mass is 19.1. The molecule has 0 saturated heterocycles. The van der Waals surface area contributed by atoms with E-state index in [1.54, 1.807) is 12.1 Å². The molecule has 3 heterocycles. The van der Waals surface area contributed by atoms with Crippen molar-refractivity contribution >= 4 is 16.9 Å². The number of benzene rings is 1. The summed E-state index contributed by atoms with van der Waals surface area (Å²) in [6.45, 7) is 0.355. The Bertz CT molecular complexity index is 944. The Hall–Kier alpha value is -3.22. The van der Waals surface area contributed by atoms with Gasteiger partial charge >= 0.3 is 0 Å². The third kappa shape index (κ3) is 2.76. The highest BCUT2D eigenvalue weighted by molar-refractivity contribution is 5.77. The predicted molar refractivity (Wildman–Crippen MR) is 83.1 cm³/mol. The lowest BCUT2D eigenvalue weighted by Crippen LogP contribution is -2.01. The number of hydrogen-bond donors (Lipinski definition) is 2. The van der Waals surface area contributed by atoms with E-state index < -0.39 is 0 Å². The monoisotopic (exact) mass is 309 g/mol. The van der Waals surface area contributed by atoms with Crippen molar-refractivity contribution in [3.63, 3.8) is 0 Å². The Morgan fingerprint density at radius 2 is 1.91 bits per heavy atom. The second-order valence-corrected chi connectivity index (χ2v) is 4.98. The lowest BCUT2D eigenvalue weighted by atomic mass is 10.2. The molecule has 0 amide bonds. The van der Waals surface area contributed by atoms with E-state index in [1.807, 2.05) is 24.4 Å². The topological polar surface area (TPSA) is 79.6 Å². The van der Waals surface area contributed by atoms with Crippen LogP contribution < -0.4 is 5.32 Å². The highest BCUT2D eigenvalue weighted by Gasteiger charge is 2.09. The molecule has 0 bridgehead atoms. The van der Waals surface area contributed by atoms with Gasteiger partial charge in [-0.05, 0) is 42.5 Å². The Balaban J connectivity index is 1.48. The molecule has 23 heavy (non-hydrogen) atoms. The van der Waals surface area contributed by atoms with Crippen LogP contribution in [-0.4, -0.2) is 20.1 Å². The van der Waals surface area contributed by atoms with Gasteiger partial charge in [0.2, 0.25) is 11.7 Å². The van der Waals surface area contributed by atoms with Gasteiger partial charge in [-0.1, -0.05) is 5.16 Å². The first kappa shape index (κ1) is 13.4. The second-order valence-electron chi connectivity index (χ2n) is 4.98. The van der Waals surface area contributed by atoms with Crippen LogP contribution in [0, 0.1) is 5.82 Å². The number of nitrogens with one attached hydrogen (secondary N) is 2. The zero-order valence-corrected chi connectivity index (χ0v) is 12.0. The van der Waals surface area contributed by atoms with Crippen LogP contribution in [0.1, 0.15) is 5.89 Å². The molecule has 4 rings (SSSR count). The van der Waals surface area contributed by atoms with Crippen LogP contribution in [-0.2, 0) is 6.54 Å². The van der Waals surface area contributed by atoms with E-state index in [2.05, 4.69) is 25.4 Å². The largest absolute Gasteiger partial charge is 0.361 e. The maximum atomic E-state index is 12.9. The minimum atomic E-state index is -0.301. The van der Waals surface area contributed by atoms with Crippen molar-refractivity contribution in [3.05, 3.63) is 60.4 Å². The first-order chi connectivity index (χ1) is 11.3. The average Bonchev–Trinajstić information content (AvgIpc) is 3.22. The number of anilines is 1. The molecular formula is C16H12FN5O. The minimum absolute atomic E-state index is 0.301. The van der Waals surface area contributed by atoms with Gasteiger partial charge in [-0.3, -0.25) is 0 Å². The summed E-state index contributed by atoms with van der Waals surface area (Å²) >= 11 is 0. The average molecular weight is 309 g/mol. The summed E-state index contributed by atoms with van der Waals surface area (Å²) < 4.78 is 18.1. The molecule has 0 fully saturated rings. The molecular weight excluding hydrogens is 297 g/mol. The van der Waals surface area contributed by atoms with Gasteiger partial charge in [0.25, 0.3) is 0 Å². The third-order valence-electron chi connectivity index (χ3n) is 3.40. The third-order valence-corrected chi connectivity index (χ3v) is 3.40. The minimum Gasteiger partial charge on any atom is -0.361 e. The summed E-state index contributed by atoms with van der Waals surface area (Å²) in [5.74, 6) is 1.26. The summed E-state index contributed by atoms with van der Waals surface area (Å²) in [5.41, 5.74) is 1.51. The van der Waals surface area contributed by atoms with Gasteiger partial charge in [-0.25, -0.2) is 9.37 Å². The first-order valence-electron chi connectivity index (χ1n) is 7.04. The molecule has 4 aromatic rings. The standard InChI is InChI=1S/C16H12FN5O/c17-12-4-1-10(2-5-12)16-21-14(23-22-16)9-19-13-6-3-11-7-8-18-15(11)20-13/h1-8H,9H2,(H2,18,19,20). The number of fused-ring (bicyclic) bond motifs is 1. The number of hydrogen-bond acceptors (Lipinski definition) is 5. The molecule has 0 atom stereocenters. The van der Waals surface area contributed by atoms with Gasteiger partial charge in [-0.15, -0.1) is 0 Å². The molecule has 0 unspecified atom stereocenters. The van der Waals surface area contributed by atoms with Crippen molar-refractivity contribution in [2.75, 3.05) is 5.32 Å². The van der Waals surface area contributed by atoms with E-state index in [1.165, 1.54) is 12.1 Å². The van der Waals surface area contributed by atoms with E-state index in [4.69, 9.17) is 4.52 Å². The molecule has 1 aromatic carbocycles. The first-order valence-corrected chi connectivity index (χ1v) is 7.04. The maximum absolute atomic E-state index is 12.9. The lowest BCUT2D eigenvalue weighted by Gasteiger charge is -2.01. The zero-order chi connectivity index (χ0) is 15.6. The van der Waals surface area contributed by atoms with E-state index >= 15 is 0 Å². The lowest BCUT2D eigenvalue weighted by molar-refractivity contribution is 0.384. The van der Waals surface area contributed by atoms with Crippen molar-refractivity contribution in [2.45, 2.75) is 6.54 Å². The molecule has 0 radical (unpaired) electrons. The van der Waals surface area contributed by atoms with Crippen molar-refractivity contribution < 1.29 is 8.91 Å². The number of pyridine rings is 1. The van der Waals surface area contributed by atoms with Crippen molar-refractivity contribution in [2.24, 2.45) is 0 Å².